The minimum Gasteiger partial charge on any atom is -0.465 e. The highest BCUT2D eigenvalue weighted by Crippen LogP contribution is 2.45. The minimum absolute atomic E-state index is 0.0166. The van der Waals surface area contributed by atoms with Crippen molar-refractivity contribution in [1.82, 2.24) is 10.3 Å². The van der Waals surface area contributed by atoms with Crippen LogP contribution in [0.2, 0.25) is 0 Å². The summed E-state index contributed by atoms with van der Waals surface area (Å²) in [5.41, 5.74) is 3.96. The number of para-hydroxylation sites is 1. The zero-order valence-electron chi connectivity index (χ0n) is 14.3. The van der Waals surface area contributed by atoms with Crippen molar-refractivity contribution in [3.05, 3.63) is 41.6 Å². The van der Waals surface area contributed by atoms with Crippen LogP contribution in [0.3, 0.4) is 0 Å². The summed E-state index contributed by atoms with van der Waals surface area (Å²) >= 11 is 0. The topological polar surface area (TPSA) is 54.1 Å². The van der Waals surface area contributed by atoms with Crippen molar-refractivity contribution in [2.45, 2.75) is 38.6 Å². The first-order chi connectivity index (χ1) is 11.7. The number of hydrogen-bond acceptors (Lipinski definition) is 3. The van der Waals surface area contributed by atoms with Gasteiger partial charge in [0.15, 0.2) is 0 Å². The highest BCUT2D eigenvalue weighted by Gasteiger charge is 2.42. The number of ether oxygens (including phenoxy) is 1. The molecule has 1 aromatic carbocycles. The fourth-order valence-corrected chi connectivity index (χ4v) is 4.52. The summed E-state index contributed by atoms with van der Waals surface area (Å²) in [6.07, 6.45) is 6.41. The van der Waals surface area contributed by atoms with E-state index in [0.717, 1.165) is 43.4 Å². The summed E-state index contributed by atoms with van der Waals surface area (Å²) in [5, 5.41) is 4.92. The molecule has 4 heteroatoms. The molecular weight excluding hydrogens is 300 g/mol. The van der Waals surface area contributed by atoms with Crippen molar-refractivity contribution in [1.29, 1.82) is 0 Å². The summed E-state index contributed by atoms with van der Waals surface area (Å²) in [6, 6.07) is 8.65. The molecule has 1 aromatic heterocycles. The molecule has 1 saturated heterocycles. The molecule has 2 heterocycles. The van der Waals surface area contributed by atoms with E-state index in [2.05, 4.69) is 41.5 Å². The van der Waals surface area contributed by atoms with Crippen LogP contribution in [0.4, 0.5) is 0 Å². The van der Waals surface area contributed by atoms with Crippen LogP contribution in [0.5, 0.6) is 0 Å². The molecule has 0 saturated carbocycles. The van der Waals surface area contributed by atoms with E-state index in [1.807, 2.05) is 6.07 Å². The summed E-state index contributed by atoms with van der Waals surface area (Å²) in [5.74, 6) is -0.248. The fourth-order valence-electron chi connectivity index (χ4n) is 4.52. The number of nitrogens with one attached hydrogen (secondary N) is 2. The number of methoxy groups -OCH3 is 1. The number of aromatic amines is 1. The third kappa shape index (κ3) is 2.20. The summed E-state index contributed by atoms with van der Waals surface area (Å²) < 4.78 is 5.12. The Morgan fingerprint density at radius 1 is 1.38 bits per heavy atom. The summed E-state index contributed by atoms with van der Waals surface area (Å²) in [6.45, 7) is 3.27. The molecule has 4 rings (SSSR count). The maximum atomic E-state index is 12.6. The number of piperidine rings is 1. The van der Waals surface area contributed by atoms with Crippen LogP contribution in [0, 0.1) is 5.41 Å². The molecule has 0 bridgehead atoms. The lowest BCUT2D eigenvalue weighted by Crippen LogP contribution is -2.49. The molecule has 2 N–H and O–H groups in total. The largest absolute Gasteiger partial charge is 0.465 e. The fraction of sp³-hybridized carbons (Fsp3) is 0.450. The van der Waals surface area contributed by atoms with Crippen LogP contribution >= 0.6 is 0 Å². The first-order valence-electron chi connectivity index (χ1n) is 8.83. The quantitative estimate of drug-likeness (QED) is 0.832. The van der Waals surface area contributed by atoms with E-state index in [1.54, 1.807) is 0 Å². The van der Waals surface area contributed by atoms with Crippen molar-refractivity contribution in [2.75, 3.05) is 13.7 Å². The van der Waals surface area contributed by atoms with Crippen LogP contribution in [-0.4, -0.2) is 30.6 Å². The van der Waals surface area contributed by atoms with E-state index in [1.165, 1.54) is 18.1 Å². The Morgan fingerprint density at radius 3 is 3.00 bits per heavy atom. The van der Waals surface area contributed by atoms with Gasteiger partial charge in [-0.15, -0.1) is 0 Å². The molecular formula is C20H24N2O2. The highest BCUT2D eigenvalue weighted by molar-refractivity contribution is 6.18. The van der Waals surface area contributed by atoms with Crippen LogP contribution in [0.15, 0.2) is 30.3 Å². The van der Waals surface area contributed by atoms with Gasteiger partial charge in [-0.1, -0.05) is 31.2 Å². The number of hydrogen-bond donors (Lipinski definition) is 2. The Labute approximate surface area is 142 Å². The van der Waals surface area contributed by atoms with Gasteiger partial charge < -0.3 is 15.0 Å². The Balaban J connectivity index is 1.97. The molecule has 0 radical (unpaired) electrons. The average Bonchev–Trinajstić information content (AvgIpc) is 2.91. The minimum atomic E-state index is -0.248. The maximum Gasteiger partial charge on any atom is 0.339 e. The Hall–Kier alpha value is -2.07. The number of benzene rings is 1. The summed E-state index contributed by atoms with van der Waals surface area (Å²) in [7, 11) is 1.46. The molecule has 2 atom stereocenters. The lowest BCUT2D eigenvalue weighted by molar-refractivity contribution is -0.133. The predicted molar refractivity (Wildman–Crippen MR) is 95.7 cm³/mol. The number of aromatic nitrogens is 1. The Morgan fingerprint density at radius 2 is 2.21 bits per heavy atom. The molecule has 2 aromatic rings. The summed E-state index contributed by atoms with van der Waals surface area (Å²) in [4.78, 5) is 16.0. The third-order valence-electron chi connectivity index (χ3n) is 5.89. The van der Waals surface area contributed by atoms with Gasteiger partial charge in [0.1, 0.15) is 0 Å². The molecule has 1 fully saturated rings. The third-order valence-corrected chi connectivity index (χ3v) is 5.89. The number of esters is 1. The van der Waals surface area contributed by atoms with Gasteiger partial charge >= 0.3 is 5.97 Å². The van der Waals surface area contributed by atoms with Gasteiger partial charge in [-0.2, -0.15) is 0 Å². The van der Waals surface area contributed by atoms with Gasteiger partial charge in [0, 0.05) is 22.4 Å². The van der Waals surface area contributed by atoms with E-state index in [4.69, 9.17) is 4.74 Å². The lowest BCUT2D eigenvalue weighted by atomic mass is 9.70. The number of rotatable bonds is 2. The zero-order valence-corrected chi connectivity index (χ0v) is 14.3. The lowest BCUT2D eigenvalue weighted by Gasteiger charge is -2.42. The molecule has 24 heavy (non-hydrogen) atoms. The SMILES string of the molecule is CC[C@]12C=C(C(=O)OC)c3[nH]c4ccccc4c3C[C@H]1NCCC2. The Kier molecular flexibility index (Phi) is 3.72. The van der Waals surface area contributed by atoms with Crippen LogP contribution < -0.4 is 5.32 Å². The normalized spacial score (nSPS) is 26.2. The van der Waals surface area contributed by atoms with Gasteiger partial charge in [0.25, 0.3) is 0 Å². The molecule has 1 aliphatic heterocycles. The van der Waals surface area contributed by atoms with Crippen LogP contribution in [0.1, 0.15) is 37.4 Å². The maximum absolute atomic E-state index is 12.6. The van der Waals surface area contributed by atoms with Gasteiger partial charge in [-0.05, 0) is 43.9 Å². The molecule has 2 aliphatic rings. The molecule has 0 amide bonds. The second-order valence-corrected chi connectivity index (χ2v) is 6.97. The second kappa shape index (κ2) is 5.78. The van der Waals surface area contributed by atoms with E-state index in [9.17, 15) is 4.79 Å². The average molecular weight is 324 g/mol. The van der Waals surface area contributed by atoms with Crippen molar-refractivity contribution in [3.8, 4) is 0 Å². The standard InChI is InChI=1S/C20H24N2O2/c1-3-20-9-6-10-21-17(20)11-14-13-7-4-5-8-16(13)22-18(14)15(12-20)19(23)24-2/h4-5,7-8,12,17,21-22H,3,6,9-11H2,1-2H3/t17-,20+/m1/s1. The predicted octanol–water partition coefficient (Wildman–Crippen LogP) is 3.43. The molecule has 1 aliphatic carbocycles. The van der Waals surface area contributed by atoms with E-state index >= 15 is 0 Å². The van der Waals surface area contributed by atoms with Gasteiger partial charge in [-0.3, -0.25) is 0 Å². The number of carbonyl (C=O) groups is 1. The van der Waals surface area contributed by atoms with Crippen molar-refractivity contribution >= 4 is 22.4 Å². The molecule has 126 valence electrons. The smallest absolute Gasteiger partial charge is 0.339 e. The Bertz CT molecular complexity index is 820. The molecule has 4 nitrogen and oxygen atoms in total. The van der Waals surface area contributed by atoms with Crippen LogP contribution in [0.25, 0.3) is 16.5 Å². The first-order valence-corrected chi connectivity index (χ1v) is 8.83. The van der Waals surface area contributed by atoms with E-state index in [-0.39, 0.29) is 11.4 Å². The molecule has 0 spiro atoms. The van der Waals surface area contributed by atoms with Crippen molar-refractivity contribution in [2.24, 2.45) is 5.41 Å². The first kappa shape index (κ1) is 15.5. The monoisotopic (exact) mass is 324 g/mol. The number of carbonyl (C=O) groups excluding carboxylic acids is 1. The number of H-pyrrole nitrogens is 1. The number of fused-ring (bicyclic) bond motifs is 4. The van der Waals surface area contributed by atoms with Crippen molar-refractivity contribution in [3.63, 3.8) is 0 Å². The van der Waals surface area contributed by atoms with Crippen molar-refractivity contribution < 1.29 is 9.53 Å². The van der Waals surface area contributed by atoms with Gasteiger partial charge in [0.2, 0.25) is 0 Å². The zero-order chi connectivity index (χ0) is 16.7. The second-order valence-electron chi connectivity index (χ2n) is 6.97. The van der Waals surface area contributed by atoms with E-state index < -0.39 is 0 Å². The molecule has 0 unspecified atom stereocenters. The van der Waals surface area contributed by atoms with E-state index in [0.29, 0.717) is 11.6 Å². The van der Waals surface area contributed by atoms with Gasteiger partial charge in [-0.25, -0.2) is 4.79 Å². The highest BCUT2D eigenvalue weighted by atomic mass is 16.5. The van der Waals surface area contributed by atoms with Gasteiger partial charge in [0.05, 0.1) is 18.4 Å². The van der Waals surface area contributed by atoms with Crippen LogP contribution in [-0.2, 0) is 16.0 Å².